The van der Waals surface area contributed by atoms with Crippen molar-refractivity contribution in [2.75, 3.05) is 40.0 Å². The molecular weight excluding hydrogens is 414 g/mol. The van der Waals surface area contributed by atoms with E-state index in [9.17, 15) is 19.2 Å². The van der Waals surface area contributed by atoms with Crippen molar-refractivity contribution < 1.29 is 28.7 Å². The number of nitrogens with one attached hydrogen (secondary N) is 1. The summed E-state index contributed by atoms with van der Waals surface area (Å²) in [5.74, 6) is -1.09. The van der Waals surface area contributed by atoms with Gasteiger partial charge in [0.1, 0.15) is 6.61 Å². The van der Waals surface area contributed by atoms with Crippen LogP contribution in [0.5, 0.6) is 0 Å². The lowest BCUT2D eigenvalue weighted by atomic mass is 10.0. The number of carbonyl (C=O) groups is 4. The number of rotatable bonds is 7. The maximum absolute atomic E-state index is 12.8. The number of amides is 4. The molecule has 0 aromatic heterocycles. The molecule has 1 aromatic rings. The third-order valence-corrected chi connectivity index (χ3v) is 5.66. The van der Waals surface area contributed by atoms with Gasteiger partial charge >= 0.3 is 0 Å². The summed E-state index contributed by atoms with van der Waals surface area (Å²) in [4.78, 5) is 53.2. The summed E-state index contributed by atoms with van der Waals surface area (Å²) < 4.78 is 10.2. The number of hydrogen-bond donors (Lipinski definition) is 1. The van der Waals surface area contributed by atoms with Crippen molar-refractivity contribution in [3.8, 4) is 0 Å². The summed E-state index contributed by atoms with van der Waals surface area (Å²) in [6, 6.07) is 4.53. The summed E-state index contributed by atoms with van der Waals surface area (Å²) in [6.07, 6.45) is 1.27. The molecule has 1 saturated heterocycles. The SMILES string of the molecule is COCCOCC(=O)N1CCC(NC(=O)c2ccc3c(c2)C(=O)N(C(C)(C)C)C3=O)CC1. The Bertz CT molecular complexity index is 899. The lowest BCUT2D eigenvalue weighted by molar-refractivity contribution is -0.137. The highest BCUT2D eigenvalue weighted by atomic mass is 16.5. The van der Waals surface area contributed by atoms with Gasteiger partial charge in [-0.1, -0.05) is 0 Å². The molecule has 2 heterocycles. The molecule has 1 aromatic carbocycles. The van der Waals surface area contributed by atoms with E-state index in [0.29, 0.717) is 50.3 Å². The van der Waals surface area contributed by atoms with E-state index >= 15 is 0 Å². The van der Waals surface area contributed by atoms with Crippen LogP contribution < -0.4 is 5.32 Å². The zero-order valence-electron chi connectivity index (χ0n) is 19.1. The highest BCUT2D eigenvalue weighted by molar-refractivity contribution is 6.22. The molecule has 2 aliphatic rings. The molecule has 3 rings (SSSR count). The highest BCUT2D eigenvalue weighted by Crippen LogP contribution is 2.30. The molecule has 4 amide bonds. The lowest BCUT2D eigenvalue weighted by Crippen LogP contribution is -2.47. The van der Waals surface area contributed by atoms with Crippen LogP contribution in [0.4, 0.5) is 0 Å². The predicted octanol–water partition coefficient (Wildman–Crippen LogP) is 1.46. The van der Waals surface area contributed by atoms with Crippen molar-refractivity contribution in [1.29, 1.82) is 0 Å². The Morgan fingerprint density at radius 3 is 2.34 bits per heavy atom. The monoisotopic (exact) mass is 445 g/mol. The number of likely N-dealkylation sites (tertiary alicyclic amines) is 1. The van der Waals surface area contributed by atoms with Gasteiger partial charge in [0, 0.05) is 37.3 Å². The van der Waals surface area contributed by atoms with E-state index in [4.69, 9.17) is 9.47 Å². The lowest BCUT2D eigenvalue weighted by Gasteiger charge is -2.32. The summed E-state index contributed by atoms with van der Waals surface area (Å²) in [7, 11) is 1.57. The van der Waals surface area contributed by atoms with Crippen molar-refractivity contribution >= 4 is 23.6 Å². The van der Waals surface area contributed by atoms with Crippen LogP contribution in [0.2, 0.25) is 0 Å². The number of imide groups is 1. The first kappa shape index (κ1) is 23.9. The largest absolute Gasteiger partial charge is 0.382 e. The molecule has 0 spiro atoms. The van der Waals surface area contributed by atoms with Crippen molar-refractivity contribution in [3.05, 3.63) is 34.9 Å². The minimum Gasteiger partial charge on any atom is -0.382 e. The molecule has 9 nitrogen and oxygen atoms in total. The second-order valence-corrected chi connectivity index (χ2v) is 9.05. The van der Waals surface area contributed by atoms with Crippen LogP contribution in [0.25, 0.3) is 0 Å². The van der Waals surface area contributed by atoms with Crippen LogP contribution in [-0.4, -0.2) is 85.0 Å². The van der Waals surface area contributed by atoms with Gasteiger partial charge in [0.25, 0.3) is 17.7 Å². The minimum atomic E-state index is -0.643. The molecule has 1 N–H and O–H groups in total. The molecule has 0 radical (unpaired) electrons. The van der Waals surface area contributed by atoms with E-state index in [1.54, 1.807) is 44.9 Å². The fraction of sp³-hybridized carbons (Fsp3) is 0.565. The Hall–Kier alpha value is -2.78. The Morgan fingerprint density at radius 1 is 1.06 bits per heavy atom. The molecule has 1 fully saturated rings. The normalized spacial score (nSPS) is 17.0. The van der Waals surface area contributed by atoms with Crippen molar-refractivity contribution in [2.45, 2.75) is 45.2 Å². The maximum atomic E-state index is 12.8. The van der Waals surface area contributed by atoms with Crippen molar-refractivity contribution in [3.63, 3.8) is 0 Å². The molecule has 174 valence electrons. The zero-order chi connectivity index (χ0) is 23.5. The standard InChI is InChI=1S/C23H31N3O6/c1-23(2,3)26-21(29)17-6-5-15(13-18(17)22(26)30)20(28)24-16-7-9-25(10-8-16)19(27)14-32-12-11-31-4/h5-6,13,16H,7-12,14H2,1-4H3,(H,24,28). The number of methoxy groups -OCH3 is 1. The van der Waals surface area contributed by atoms with E-state index < -0.39 is 5.54 Å². The first-order valence-electron chi connectivity index (χ1n) is 10.8. The zero-order valence-corrected chi connectivity index (χ0v) is 19.1. The van der Waals surface area contributed by atoms with Crippen LogP contribution >= 0.6 is 0 Å². The van der Waals surface area contributed by atoms with E-state index in [-0.39, 0.29) is 41.8 Å². The number of nitrogens with zero attached hydrogens (tertiary/aromatic N) is 2. The van der Waals surface area contributed by atoms with Gasteiger partial charge in [-0.15, -0.1) is 0 Å². The van der Waals surface area contributed by atoms with Gasteiger partial charge in [-0.3, -0.25) is 24.1 Å². The Kier molecular flexibility index (Phi) is 7.30. The van der Waals surface area contributed by atoms with Crippen LogP contribution in [0.1, 0.15) is 64.7 Å². The van der Waals surface area contributed by atoms with Gasteiger partial charge < -0.3 is 19.7 Å². The van der Waals surface area contributed by atoms with Crippen molar-refractivity contribution in [2.24, 2.45) is 0 Å². The molecule has 0 saturated carbocycles. The smallest absolute Gasteiger partial charge is 0.262 e. The average molecular weight is 446 g/mol. The molecule has 9 heteroatoms. The average Bonchev–Trinajstić information content (AvgIpc) is 3.01. The van der Waals surface area contributed by atoms with E-state index in [0.717, 1.165) is 0 Å². The molecule has 32 heavy (non-hydrogen) atoms. The third-order valence-electron chi connectivity index (χ3n) is 5.66. The maximum Gasteiger partial charge on any atom is 0.262 e. The number of piperidine rings is 1. The third kappa shape index (κ3) is 5.16. The first-order valence-corrected chi connectivity index (χ1v) is 10.8. The van der Waals surface area contributed by atoms with E-state index in [2.05, 4.69) is 5.32 Å². The summed E-state index contributed by atoms with van der Waals surface area (Å²) >= 11 is 0. The number of benzene rings is 1. The molecule has 2 aliphatic heterocycles. The number of ether oxygens (including phenoxy) is 2. The first-order chi connectivity index (χ1) is 15.1. The summed E-state index contributed by atoms with van der Waals surface area (Å²) in [5, 5.41) is 2.98. The second-order valence-electron chi connectivity index (χ2n) is 9.05. The van der Waals surface area contributed by atoms with Crippen LogP contribution in [0.3, 0.4) is 0 Å². The number of carbonyl (C=O) groups excluding carboxylic acids is 4. The predicted molar refractivity (Wildman–Crippen MR) is 116 cm³/mol. The fourth-order valence-electron chi connectivity index (χ4n) is 3.93. The Balaban J connectivity index is 1.55. The number of hydrogen-bond acceptors (Lipinski definition) is 6. The van der Waals surface area contributed by atoms with Gasteiger partial charge in [0.2, 0.25) is 5.91 Å². The molecule has 0 unspecified atom stereocenters. The van der Waals surface area contributed by atoms with Gasteiger partial charge in [0.05, 0.1) is 24.3 Å². The van der Waals surface area contributed by atoms with Crippen LogP contribution in [0, 0.1) is 0 Å². The fourth-order valence-corrected chi connectivity index (χ4v) is 3.93. The van der Waals surface area contributed by atoms with E-state index in [1.165, 1.54) is 11.0 Å². The van der Waals surface area contributed by atoms with Gasteiger partial charge in [-0.05, 0) is 51.8 Å². The highest BCUT2D eigenvalue weighted by Gasteiger charge is 2.42. The topological polar surface area (TPSA) is 105 Å². The Morgan fingerprint density at radius 2 is 1.72 bits per heavy atom. The molecule has 0 atom stereocenters. The minimum absolute atomic E-state index is 0.0217. The van der Waals surface area contributed by atoms with Gasteiger partial charge in [0.15, 0.2) is 0 Å². The molecule has 0 aliphatic carbocycles. The quantitative estimate of drug-likeness (QED) is 0.503. The molecular formula is C23H31N3O6. The Labute approximate surface area is 188 Å². The van der Waals surface area contributed by atoms with E-state index in [1.807, 2.05) is 0 Å². The molecule has 0 bridgehead atoms. The van der Waals surface area contributed by atoms with Crippen molar-refractivity contribution in [1.82, 2.24) is 15.1 Å². The van der Waals surface area contributed by atoms with Crippen LogP contribution in [0.15, 0.2) is 18.2 Å². The van der Waals surface area contributed by atoms with Crippen LogP contribution in [-0.2, 0) is 14.3 Å². The summed E-state index contributed by atoms with van der Waals surface area (Å²) in [6.45, 7) is 7.30. The van der Waals surface area contributed by atoms with Gasteiger partial charge in [-0.25, -0.2) is 0 Å². The summed E-state index contributed by atoms with van der Waals surface area (Å²) in [5.41, 5.74) is 0.272. The van der Waals surface area contributed by atoms with Gasteiger partial charge in [-0.2, -0.15) is 0 Å². The number of fused-ring (bicyclic) bond motifs is 1. The second kappa shape index (κ2) is 9.79.